The van der Waals surface area contributed by atoms with Gasteiger partial charge in [-0.15, -0.1) is 11.8 Å². The Kier molecular flexibility index (Phi) is 5.60. The minimum atomic E-state index is -1.00. The second-order valence-corrected chi connectivity index (χ2v) is 6.83. The van der Waals surface area contributed by atoms with E-state index in [0.717, 1.165) is 16.9 Å². The van der Waals surface area contributed by atoms with Gasteiger partial charge in [0.25, 0.3) is 0 Å². The highest BCUT2D eigenvalue weighted by atomic mass is 32.2. The van der Waals surface area contributed by atoms with Crippen LogP contribution in [0, 0.1) is 0 Å². The molecule has 0 saturated carbocycles. The molecule has 5 nitrogen and oxygen atoms in total. The third-order valence-electron chi connectivity index (χ3n) is 4.01. The topological polar surface area (TPSA) is 75.6 Å². The second-order valence-electron chi connectivity index (χ2n) is 5.77. The standard InChI is InChI=1S/C19H19NO4S/c21-18(22)11-24-14-7-5-13(6-8-14)9-10-20-19(23)16-12-25-17-4-2-1-3-15(16)17/h1-8,16H,9-12H2,(H,20,23)(H,21,22). The fourth-order valence-electron chi connectivity index (χ4n) is 2.73. The van der Waals surface area contributed by atoms with Gasteiger partial charge in [0, 0.05) is 17.2 Å². The average Bonchev–Trinajstić information content (AvgIpc) is 3.05. The van der Waals surface area contributed by atoms with Crippen LogP contribution in [0.1, 0.15) is 17.0 Å². The van der Waals surface area contributed by atoms with E-state index in [0.29, 0.717) is 18.7 Å². The van der Waals surface area contributed by atoms with E-state index in [9.17, 15) is 9.59 Å². The smallest absolute Gasteiger partial charge is 0.341 e. The van der Waals surface area contributed by atoms with Crippen molar-refractivity contribution >= 4 is 23.6 Å². The number of nitrogens with one attached hydrogen (secondary N) is 1. The molecule has 2 aromatic carbocycles. The largest absolute Gasteiger partial charge is 0.482 e. The molecule has 0 bridgehead atoms. The van der Waals surface area contributed by atoms with E-state index in [1.54, 1.807) is 23.9 Å². The van der Waals surface area contributed by atoms with Crippen LogP contribution in [0.4, 0.5) is 0 Å². The maximum absolute atomic E-state index is 12.4. The molecule has 0 aliphatic carbocycles. The summed E-state index contributed by atoms with van der Waals surface area (Å²) in [5.74, 6) is 0.306. The first-order valence-corrected chi connectivity index (χ1v) is 9.05. The lowest BCUT2D eigenvalue weighted by Gasteiger charge is -2.12. The number of carboxylic acid groups (broad SMARTS) is 1. The van der Waals surface area contributed by atoms with Crippen LogP contribution in [-0.2, 0) is 16.0 Å². The number of ether oxygens (including phenoxy) is 1. The summed E-state index contributed by atoms with van der Waals surface area (Å²) in [6.07, 6.45) is 0.715. The maximum atomic E-state index is 12.4. The van der Waals surface area contributed by atoms with Gasteiger partial charge in [-0.05, 0) is 35.7 Å². The van der Waals surface area contributed by atoms with E-state index in [1.807, 2.05) is 30.3 Å². The lowest BCUT2D eigenvalue weighted by atomic mass is 10.0. The number of amides is 1. The normalized spacial score (nSPS) is 15.4. The second kappa shape index (κ2) is 8.07. The Balaban J connectivity index is 1.47. The highest BCUT2D eigenvalue weighted by Gasteiger charge is 2.28. The Morgan fingerprint density at radius 1 is 1.16 bits per heavy atom. The van der Waals surface area contributed by atoms with Crippen LogP contribution in [0.25, 0.3) is 0 Å². The van der Waals surface area contributed by atoms with Gasteiger partial charge in [0.2, 0.25) is 5.91 Å². The van der Waals surface area contributed by atoms with Gasteiger partial charge in [0.15, 0.2) is 6.61 Å². The molecule has 2 aromatic rings. The molecule has 1 amide bonds. The molecule has 6 heteroatoms. The zero-order valence-electron chi connectivity index (χ0n) is 13.6. The summed E-state index contributed by atoms with van der Waals surface area (Å²) in [4.78, 5) is 24.1. The van der Waals surface area contributed by atoms with Crippen LogP contribution in [0.2, 0.25) is 0 Å². The van der Waals surface area contributed by atoms with Gasteiger partial charge in [-0.2, -0.15) is 0 Å². The molecular weight excluding hydrogens is 338 g/mol. The van der Waals surface area contributed by atoms with Gasteiger partial charge in [0.05, 0.1) is 5.92 Å². The van der Waals surface area contributed by atoms with E-state index in [1.165, 1.54) is 4.90 Å². The van der Waals surface area contributed by atoms with Crippen molar-refractivity contribution in [1.29, 1.82) is 0 Å². The molecule has 130 valence electrons. The van der Waals surface area contributed by atoms with E-state index < -0.39 is 5.97 Å². The summed E-state index contributed by atoms with van der Waals surface area (Å²) < 4.78 is 5.09. The van der Waals surface area contributed by atoms with Crippen LogP contribution < -0.4 is 10.1 Å². The zero-order chi connectivity index (χ0) is 17.6. The lowest BCUT2D eigenvalue weighted by molar-refractivity contribution is -0.139. The molecule has 1 heterocycles. The summed E-state index contributed by atoms with van der Waals surface area (Å²) in [7, 11) is 0. The molecular formula is C19H19NO4S. The maximum Gasteiger partial charge on any atom is 0.341 e. The number of carbonyl (C=O) groups excluding carboxylic acids is 1. The molecule has 2 N–H and O–H groups in total. The van der Waals surface area contributed by atoms with Gasteiger partial charge >= 0.3 is 5.97 Å². The van der Waals surface area contributed by atoms with Crippen LogP contribution in [0.3, 0.4) is 0 Å². The Morgan fingerprint density at radius 2 is 1.92 bits per heavy atom. The first-order chi connectivity index (χ1) is 12.1. The number of fused-ring (bicyclic) bond motifs is 1. The fourth-order valence-corrected chi connectivity index (χ4v) is 3.96. The number of carbonyl (C=O) groups is 2. The highest BCUT2D eigenvalue weighted by Crippen LogP contribution is 2.39. The quantitative estimate of drug-likeness (QED) is 0.797. The van der Waals surface area contributed by atoms with E-state index in [2.05, 4.69) is 11.4 Å². The van der Waals surface area contributed by atoms with Crippen molar-refractivity contribution in [3.05, 3.63) is 59.7 Å². The Labute approximate surface area is 150 Å². The van der Waals surface area contributed by atoms with Crippen molar-refractivity contribution in [2.45, 2.75) is 17.2 Å². The average molecular weight is 357 g/mol. The third kappa shape index (κ3) is 4.54. The zero-order valence-corrected chi connectivity index (χ0v) is 14.4. The number of benzene rings is 2. The summed E-state index contributed by atoms with van der Waals surface area (Å²) in [5.41, 5.74) is 2.18. The first kappa shape index (κ1) is 17.4. The SMILES string of the molecule is O=C(O)COc1ccc(CCNC(=O)C2CSc3ccccc32)cc1. The van der Waals surface area contributed by atoms with Crippen LogP contribution in [0.15, 0.2) is 53.4 Å². The summed E-state index contributed by atoms with van der Waals surface area (Å²) in [6.45, 7) is 0.216. The molecule has 0 saturated heterocycles. The first-order valence-electron chi connectivity index (χ1n) is 8.06. The number of thioether (sulfide) groups is 1. The van der Waals surface area contributed by atoms with Gasteiger partial charge in [-0.25, -0.2) is 4.79 Å². The van der Waals surface area contributed by atoms with Gasteiger partial charge in [-0.3, -0.25) is 4.79 Å². The number of hydrogen-bond donors (Lipinski definition) is 2. The molecule has 1 aliphatic rings. The number of aliphatic carboxylic acids is 1. The van der Waals surface area contributed by atoms with Crippen molar-refractivity contribution in [2.75, 3.05) is 18.9 Å². The highest BCUT2D eigenvalue weighted by molar-refractivity contribution is 7.99. The number of carboxylic acids is 1. The Hall–Kier alpha value is -2.47. The van der Waals surface area contributed by atoms with E-state index in [-0.39, 0.29) is 18.4 Å². The van der Waals surface area contributed by atoms with Crippen molar-refractivity contribution in [3.8, 4) is 5.75 Å². The molecule has 0 radical (unpaired) electrons. The van der Waals surface area contributed by atoms with Gasteiger partial charge in [-0.1, -0.05) is 30.3 Å². The summed E-state index contributed by atoms with van der Waals surface area (Å²) in [6, 6.07) is 15.3. The predicted molar refractivity (Wildman–Crippen MR) is 96.2 cm³/mol. The van der Waals surface area contributed by atoms with Crippen LogP contribution in [0.5, 0.6) is 5.75 Å². The van der Waals surface area contributed by atoms with Gasteiger partial charge < -0.3 is 15.2 Å². The lowest BCUT2D eigenvalue weighted by Crippen LogP contribution is -2.31. The Bertz CT molecular complexity index is 760. The van der Waals surface area contributed by atoms with Crippen molar-refractivity contribution in [1.82, 2.24) is 5.32 Å². The monoisotopic (exact) mass is 357 g/mol. The third-order valence-corrected chi connectivity index (χ3v) is 5.20. The summed E-state index contributed by atoms with van der Waals surface area (Å²) >= 11 is 1.73. The molecule has 25 heavy (non-hydrogen) atoms. The van der Waals surface area contributed by atoms with Crippen molar-refractivity contribution in [2.24, 2.45) is 0 Å². The molecule has 3 rings (SSSR count). The van der Waals surface area contributed by atoms with Crippen molar-refractivity contribution in [3.63, 3.8) is 0 Å². The minimum Gasteiger partial charge on any atom is -0.482 e. The number of hydrogen-bond acceptors (Lipinski definition) is 4. The molecule has 0 spiro atoms. The van der Waals surface area contributed by atoms with Gasteiger partial charge in [0.1, 0.15) is 5.75 Å². The molecule has 0 fully saturated rings. The predicted octanol–water partition coefficient (Wildman–Crippen LogP) is 2.70. The Morgan fingerprint density at radius 3 is 2.68 bits per heavy atom. The van der Waals surface area contributed by atoms with E-state index >= 15 is 0 Å². The molecule has 1 unspecified atom stereocenters. The summed E-state index contributed by atoms with van der Waals surface area (Å²) in [5, 5.41) is 11.6. The molecule has 0 aromatic heterocycles. The van der Waals surface area contributed by atoms with Crippen LogP contribution >= 0.6 is 11.8 Å². The van der Waals surface area contributed by atoms with Crippen molar-refractivity contribution < 1.29 is 19.4 Å². The fraction of sp³-hybridized carbons (Fsp3) is 0.263. The van der Waals surface area contributed by atoms with E-state index in [4.69, 9.17) is 9.84 Å². The molecule has 1 atom stereocenters. The molecule has 1 aliphatic heterocycles. The number of rotatable bonds is 7. The van der Waals surface area contributed by atoms with Crippen LogP contribution in [-0.4, -0.2) is 35.9 Å². The minimum absolute atomic E-state index is 0.0684.